The van der Waals surface area contributed by atoms with Gasteiger partial charge in [-0.1, -0.05) is 43.0 Å². The lowest BCUT2D eigenvalue weighted by atomic mass is 9.80. The van der Waals surface area contributed by atoms with Crippen molar-refractivity contribution in [3.8, 4) is 0 Å². The highest BCUT2D eigenvalue weighted by atomic mass is 16.4. The molecule has 1 aliphatic rings. The van der Waals surface area contributed by atoms with Gasteiger partial charge < -0.3 is 5.11 Å². The van der Waals surface area contributed by atoms with E-state index in [1.54, 1.807) is 0 Å². The highest BCUT2D eigenvalue weighted by Gasteiger charge is 2.31. The van der Waals surface area contributed by atoms with Crippen LogP contribution in [0.2, 0.25) is 0 Å². The Morgan fingerprint density at radius 3 is 2.61 bits per heavy atom. The SMILES string of the molecule is Cc1ccc(C)c(C2CCCCCC2C(=O)O)c1. The van der Waals surface area contributed by atoms with Gasteiger partial charge in [-0.2, -0.15) is 0 Å². The average Bonchev–Trinajstić information content (AvgIpc) is 2.57. The molecule has 2 atom stereocenters. The third-order valence-electron chi connectivity index (χ3n) is 4.17. The summed E-state index contributed by atoms with van der Waals surface area (Å²) in [4.78, 5) is 11.5. The Balaban J connectivity index is 2.37. The zero-order chi connectivity index (χ0) is 13.1. The lowest BCUT2D eigenvalue weighted by Gasteiger charge is -2.24. The Morgan fingerprint density at radius 2 is 1.89 bits per heavy atom. The van der Waals surface area contributed by atoms with Crippen LogP contribution < -0.4 is 0 Å². The topological polar surface area (TPSA) is 37.3 Å². The second kappa shape index (κ2) is 5.55. The zero-order valence-electron chi connectivity index (χ0n) is 11.3. The molecule has 1 saturated carbocycles. The van der Waals surface area contributed by atoms with Crippen molar-refractivity contribution in [2.75, 3.05) is 0 Å². The Bertz CT molecular complexity index is 437. The van der Waals surface area contributed by atoms with Crippen LogP contribution in [-0.2, 0) is 4.79 Å². The molecule has 1 aromatic rings. The average molecular weight is 246 g/mol. The summed E-state index contributed by atoms with van der Waals surface area (Å²) in [7, 11) is 0. The molecule has 18 heavy (non-hydrogen) atoms. The van der Waals surface area contributed by atoms with E-state index >= 15 is 0 Å². The minimum atomic E-state index is -0.622. The molecule has 2 unspecified atom stereocenters. The maximum Gasteiger partial charge on any atom is 0.307 e. The van der Waals surface area contributed by atoms with E-state index in [4.69, 9.17) is 0 Å². The fraction of sp³-hybridized carbons (Fsp3) is 0.562. The number of hydrogen-bond donors (Lipinski definition) is 1. The van der Waals surface area contributed by atoms with Crippen LogP contribution in [0.4, 0.5) is 0 Å². The highest BCUT2D eigenvalue weighted by molar-refractivity contribution is 5.71. The number of hydrogen-bond acceptors (Lipinski definition) is 1. The van der Waals surface area contributed by atoms with Gasteiger partial charge in [0.1, 0.15) is 0 Å². The molecule has 1 fully saturated rings. The van der Waals surface area contributed by atoms with Crippen molar-refractivity contribution in [1.29, 1.82) is 0 Å². The molecule has 0 aromatic heterocycles. The largest absolute Gasteiger partial charge is 0.481 e. The second-order valence-corrected chi connectivity index (χ2v) is 5.55. The van der Waals surface area contributed by atoms with Crippen LogP contribution in [0.25, 0.3) is 0 Å². The summed E-state index contributed by atoms with van der Waals surface area (Å²) in [5, 5.41) is 9.46. The third kappa shape index (κ3) is 2.74. The van der Waals surface area contributed by atoms with E-state index in [9.17, 15) is 9.90 Å². The second-order valence-electron chi connectivity index (χ2n) is 5.55. The molecule has 98 valence electrons. The van der Waals surface area contributed by atoms with Crippen LogP contribution in [0.15, 0.2) is 18.2 Å². The Hall–Kier alpha value is -1.31. The molecule has 0 heterocycles. The molecule has 2 nitrogen and oxygen atoms in total. The minimum absolute atomic E-state index is 0.199. The van der Waals surface area contributed by atoms with Gasteiger partial charge >= 0.3 is 5.97 Å². The molecular weight excluding hydrogens is 224 g/mol. The first kappa shape index (κ1) is 13.1. The van der Waals surface area contributed by atoms with Crippen molar-refractivity contribution in [2.24, 2.45) is 5.92 Å². The zero-order valence-corrected chi connectivity index (χ0v) is 11.3. The molecule has 1 aromatic carbocycles. The minimum Gasteiger partial charge on any atom is -0.481 e. The van der Waals surface area contributed by atoms with E-state index < -0.39 is 5.97 Å². The lowest BCUT2D eigenvalue weighted by molar-refractivity contribution is -0.142. The Kier molecular flexibility index (Phi) is 4.05. The van der Waals surface area contributed by atoms with Gasteiger partial charge in [-0.3, -0.25) is 4.79 Å². The Labute approximate surface area is 109 Å². The number of aryl methyl sites for hydroxylation is 2. The van der Waals surface area contributed by atoms with Gasteiger partial charge in [0.25, 0.3) is 0 Å². The van der Waals surface area contributed by atoms with Crippen molar-refractivity contribution in [1.82, 2.24) is 0 Å². The molecule has 0 aliphatic heterocycles. The molecule has 0 amide bonds. The van der Waals surface area contributed by atoms with Crippen LogP contribution in [0.5, 0.6) is 0 Å². The highest BCUT2D eigenvalue weighted by Crippen LogP contribution is 2.38. The van der Waals surface area contributed by atoms with Crippen LogP contribution in [0.1, 0.15) is 54.7 Å². The van der Waals surface area contributed by atoms with Gasteiger partial charge in [0, 0.05) is 0 Å². The van der Waals surface area contributed by atoms with Crippen LogP contribution >= 0.6 is 0 Å². The number of rotatable bonds is 2. The van der Waals surface area contributed by atoms with Crippen LogP contribution in [0.3, 0.4) is 0 Å². The summed E-state index contributed by atoms with van der Waals surface area (Å²) >= 11 is 0. The first-order valence-electron chi connectivity index (χ1n) is 6.89. The number of aliphatic carboxylic acids is 1. The van der Waals surface area contributed by atoms with Crippen LogP contribution in [0, 0.1) is 19.8 Å². The molecule has 2 rings (SSSR count). The normalized spacial score (nSPS) is 24.6. The maximum absolute atomic E-state index is 11.5. The van der Waals surface area contributed by atoms with E-state index in [2.05, 4.69) is 32.0 Å². The molecule has 0 bridgehead atoms. The molecule has 0 saturated heterocycles. The van der Waals surface area contributed by atoms with Crippen molar-refractivity contribution in [2.45, 2.75) is 51.9 Å². The monoisotopic (exact) mass is 246 g/mol. The lowest BCUT2D eigenvalue weighted by Crippen LogP contribution is -2.21. The fourth-order valence-electron chi connectivity index (χ4n) is 3.13. The molecule has 0 spiro atoms. The standard InChI is InChI=1S/C16H22O2/c1-11-8-9-12(2)15(10-11)13-6-4-3-5-7-14(13)16(17)18/h8-10,13-14H,3-7H2,1-2H3,(H,17,18). The summed E-state index contributed by atoms with van der Waals surface area (Å²) < 4.78 is 0. The predicted octanol–water partition coefficient (Wildman–Crippen LogP) is 4.05. The van der Waals surface area contributed by atoms with E-state index in [-0.39, 0.29) is 11.8 Å². The van der Waals surface area contributed by atoms with Gasteiger partial charge in [0.05, 0.1) is 5.92 Å². The molecule has 2 heteroatoms. The number of benzene rings is 1. The Morgan fingerprint density at radius 1 is 1.17 bits per heavy atom. The number of carboxylic acid groups (broad SMARTS) is 1. The summed E-state index contributed by atoms with van der Waals surface area (Å²) in [6.45, 7) is 4.17. The van der Waals surface area contributed by atoms with Gasteiger partial charge in [-0.15, -0.1) is 0 Å². The molecule has 1 N–H and O–H groups in total. The molecular formula is C16H22O2. The van der Waals surface area contributed by atoms with Crippen molar-refractivity contribution < 1.29 is 9.90 Å². The number of carbonyl (C=O) groups is 1. The van der Waals surface area contributed by atoms with E-state index in [1.807, 2.05) is 0 Å². The van der Waals surface area contributed by atoms with E-state index in [1.165, 1.54) is 23.1 Å². The maximum atomic E-state index is 11.5. The van der Waals surface area contributed by atoms with E-state index in [0.29, 0.717) is 0 Å². The first-order chi connectivity index (χ1) is 8.59. The van der Waals surface area contributed by atoms with Gasteiger partial charge in [-0.25, -0.2) is 0 Å². The molecule has 1 aliphatic carbocycles. The fourth-order valence-corrected chi connectivity index (χ4v) is 3.13. The summed E-state index contributed by atoms with van der Waals surface area (Å²) in [6.07, 6.45) is 5.22. The first-order valence-corrected chi connectivity index (χ1v) is 6.89. The van der Waals surface area contributed by atoms with E-state index in [0.717, 1.165) is 25.7 Å². The van der Waals surface area contributed by atoms with Crippen LogP contribution in [-0.4, -0.2) is 11.1 Å². The predicted molar refractivity (Wildman–Crippen MR) is 72.9 cm³/mol. The van der Waals surface area contributed by atoms with Crippen molar-refractivity contribution in [3.63, 3.8) is 0 Å². The summed E-state index contributed by atoms with van der Waals surface area (Å²) in [6, 6.07) is 6.40. The third-order valence-corrected chi connectivity index (χ3v) is 4.17. The number of carboxylic acids is 1. The van der Waals surface area contributed by atoms with Crippen molar-refractivity contribution in [3.05, 3.63) is 34.9 Å². The quantitative estimate of drug-likeness (QED) is 0.799. The van der Waals surface area contributed by atoms with Gasteiger partial charge in [0.15, 0.2) is 0 Å². The summed E-state index contributed by atoms with van der Waals surface area (Å²) in [5.41, 5.74) is 3.71. The van der Waals surface area contributed by atoms with Gasteiger partial charge in [-0.05, 0) is 43.7 Å². The van der Waals surface area contributed by atoms with Crippen molar-refractivity contribution >= 4 is 5.97 Å². The summed E-state index contributed by atoms with van der Waals surface area (Å²) in [5.74, 6) is -0.624. The van der Waals surface area contributed by atoms with Gasteiger partial charge in [0.2, 0.25) is 0 Å². The molecule has 0 radical (unpaired) electrons. The smallest absolute Gasteiger partial charge is 0.307 e.